The number of hydrogen-bond acceptors (Lipinski definition) is 6. The highest BCUT2D eigenvalue weighted by Gasteiger charge is 2.25. The first-order valence-corrected chi connectivity index (χ1v) is 9.78. The van der Waals surface area contributed by atoms with Crippen molar-refractivity contribution in [3.05, 3.63) is 33.0 Å². The minimum atomic E-state index is 0.490. The number of aromatic nitrogens is 3. The van der Waals surface area contributed by atoms with Gasteiger partial charge in [-0.1, -0.05) is 11.6 Å². The zero-order valence-corrected chi connectivity index (χ0v) is 15.5. The van der Waals surface area contributed by atoms with E-state index in [0.29, 0.717) is 11.1 Å². The molecule has 0 bridgehead atoms. The van der Waals surface area contributed by atoms with Gasteiger partial charge in [0.15, 0.2) is 0 Å². The Labute approximate surface area is 151 Å². The first-order chi connectivity index (χ1) is 11.7. The number of piperidine rings is 1. The Morgan fingerprint density at radius 2 is 2.00 bits per heavy atom. The van der Waals surface area contributed by atoms with Crippen LogP contribution in [0.25, 0.3) is 0 Å². The van der Waals surface area contributed by atoms with E-state index >= 15 is 0 Å². The summed E-state index contributed by atoms with van der Waals surface area (Å²) >= 11 is 7.80. The smallest absolute Gasteiger partial charge is 0.225 e. The Balaban J connectivity index is 1.32. The van der Waals surface area contributed by atoms with Crippen molar-refractivity contribution < 1.29 is 0 Å². The molecule has 7 heteroatoms. The number of halogens is 1. The standard InChI is InChI=1S/C17H22ClN5S/c1-22(17-19-9-12(18)10-20-17)13-5-7-23(8-6-13)11-16-21-14-3-2-4-15(14)24-16/h9-10,13H,2-8,11H2,1H3. The minimum absolute atomic E-state index is 0.490. The monoisotopic (exact) mass is 363 g/mol. The number of rotatable bonds is 4. The van der Waals surface area contributed by atoms with E-state index in [1.165, 1.54) is 34.8 Å². The van der Waals surface area contributed by atoms with E-state index in [-0.39, 0.29) is 0 Å². The number of aryl methyl sites for hydroxylation is 2. The van der Waals surface area contributed by atoms with Crippen LogP contribution < -0.4 is 4.90 Å². The molecule has 24 heavy (non-hydrogen) atoms. The molecular formula is C17H22ClN5S. The Bertz CT molecular complexity index is 672. The normalized spacial score (nSPS) is 18.8. The fraction of sp³-hybridized carbons (Fsp3) is 0.588. The minimum Gasteiger partial charge on any atom is -0.341 e. The Morgan fingerprint density at radius 1 is 1.25 bits per heavy atom. The van der Waals surface area contributed by atoms with Crippen LogP contribution in [0, 0.1) is 0 Å². The van der Waals surface area contributed by atoms with Crippen LogP contribution in [-0.2, 0) is 19.4 Å². The van der Waals surface area contributed by atoms with Gasteiger partial charge in [0.25, 0.3) is 0 Å². The first kappa shape index (κ1) is 16.2. The van der Waals surface area contributed by atoms with Gasteiger partial charge < -0.3 is 4.90 Å². The number of hydrogen-bond donors (Lipinski definition) is 0. The molecule has 0 atom stereocenters. The Morgan fingerprint density at radius 3 is 2.71 bits per heavy atom. The van der Waals surface area contributed by atoms with Gasteiger partial charge in [-0.25, -0.2) is 15.0 Å². The molecule has 2 aliphatic rings. The van der Waals surface area contributed by atoms with Gasteiger partial charge in [-0.3, -0.25) is 4.90 Å². The summed E-state index contributed by atoms with van der Waals surface area (Å²) in [5.74, 6) is 0.759. The summed E-state index contributed by atoms with van der Waals surface area (Å²) in [5.41, 5.74) is 1.37. The predicted molar refractivity (Wildman–Crippen MR) is 97.9 cm³/mol. The van der Waals surface area contributed by atoms with Crippen LogP contribution in [0.15, 0.2) is 12.4 Å². The van der Waals surface area contributed by atoms with Crippen LogP contribution in [-0.4, -0.2) is 46.0 Å². The van der Waals surface area contributed by atoms with Crippen LogP contribution in [0.3, 0.4) is 0 Å². The van der Waals surface area contributed by atoms with Gasteiger partial charge in [-0.05, 0) is 32.1 Å². The van der Waals surface area contributed by atoms with Gasteiger partial charge in [0.1, 0.15) is 5.01 Å². The van der Waals surface area contributed by atoms with Crippen molar-refractivity contribution in [3.8, 4) is 0 Å². The maximum Gasteiger partial charge on any atom is 0.225 e. The van der Waals surface area contributed by atoms with Crippen LogP contribution in [0.5, 0.6) is 0 Å². The molecule has 0 aromatic carbocycles. The highest BCUT2D eigenvalue weighted by Crippen LogP contribution is 2.29. The summed E-state index contributed by atoms with van der Waals surface area (Å²) in [5, 5.41) is 1.88. The second kappa shape index (κ2) is 6.94. The van der Waals surface area contributed by atoms with E-state index in [4.69, 9.17) is 16.6 Å². The van der Waals surface area contributed by atoms with Crippen LogP contribution in [0.1, 0.15) is 34.8 Å². The molecule has 0 N–H and O–H groups in total. The molecule has 0 radical (unpaired) electrons. The molecule has 4 rings (SSSR count). The number of fused-ring (bicyclic) bond motifs is 1. The summed E-state index contributed by atoms with van der Waals surface area (Å²) in [7, 11) is 2.08. The summed E-state index contributed by atoms with van der Waals surface area (Å²) in [4.78, 5) is 19.7. The van der Waals surface area contributed by atoms with Gasteiger partial charge in [-0.15, -0.1) is 11.3 Å². The SMILES string of the molecule is CN(c1ncc(Cl)cn1)C1CCN(Cc2nc3c(s2)CCC3)CC1. The third-order valence-corrected chi connectivity index (χ3v) is 6.36. The zero-order valence-electron chi connectivity index (χ0n) is 13.9. The molecule has 1 aliphatic heterocycles. The molecule has 128 valence electrons. The molecule has 1 saturated heterocycles. The second-order valence-corrected chi connectivity index (χ2v) is 8.26. The largest absolute Gasteiger partial charge is 0.341 e. The fourth-order valence-electron chi connectivity index (χ4n) is 3.62. The number of thiazole rings is 1. The predicted octanol–water partition coefficient (Wildman–Crippen LogP) is 3.18. The lowest BCUT2D eigenvalue weighted by Crippen LogP contribution is -2.43. The third-order valence-electron chi connectivity index (χ3n) is 5.03. The fourth-order valence-corrected chi connectivity index (χ4v) is 4.92. The molecule has 0 saturated carbocycles. The van der Waals surface area contributed by atoms with Crippen molar-refractivity contribution in [2.45, 2.75) is 44.7 Å². The lowest BCUT2D eigenvalue weighted by atomic mass is 10.0. The highest BCUT2D eigenvalue weighted by atomic mass is 35.5. The van der Waals surface area contributed by atoms with Gasteiger partial charge in [0.2, 0.25) is 5.95 Å². The van der Waals surface area contributed by atoms with E-state index in [0.717, 1.165) is 38.4 Å². The maximum absolute atomic E-state index is 5.87. The molecule has 0 spiro atoms. The molecule has 1 aliphatic carbocycles. The van der Waals surface area contributed by atoms with Crippen LogP contribution in [0.2, 0.25) is 5.02 Å². The molecule has 2 aromatic heterocycles. The van der Waals surface area contributed by atoms with Gasteiger partial charge in [-0.2, -0.15) is 0 Å². The van der Waals surface area contributed by atoms with E-state index < -0.39 is 0 Å². The zero-order chi connectivity index (χ0) is 16.5. The van der Waals surface area contributed by atoms with Gasteiger partial charge >= 0.3 is 0 Å². The number of anilines is 1. The Hall–Kier alpha value is -1.24. The van der Waals surface area contributed by atoms with Gasteiger partial charge in [0.05, 0.1) is 29.7 Å². The molecule has 1 fully saturated rings. The molecule has 0 amide bonds. The van der Waals surface area contributed by atoms with E-state index in [1.807, 2.05) is 11.3 Å². The summed E-state index contributed by atoms with van der Waals surface area (Å²) in [6, 6.07) is 0.490. The average molecular weight is 364 g/mol. The van der Waals surface area contributed by atoms with Crippen molar-refractivity contribution in [1.82, 2.24) is 19.9 Å². The number of nitrogens with zero attached hydrogens (tertiary/aromatic N) is 5. The molecule has 2 aromatic rings. The topological polar surface area (TPSA) is 45.2 Å². The third kappa shape index (κ3) is 3.41. The van der Waals surface area contributed by atoms with Crippen molar-refractivity contribution in [2.24, 2.45) is 0 Å². The molecule has 5 nitrogen and oxygen atoms in total. The molecular weight excluding hydrogens is 342 g/mol. The quantitative estimate of drug-likeness (QED) is 0.834. The summed E-state index contributed by atoms with van der Waals surface area (Å²) in [6.45, 7) is 3.21. The van der Waals surface area contributed by atoms with Crippen LogP contribution >= 0.6 is 22.9 Å². The lowest BCUT2D eigenvalue weighted by Gasteiger charge is -2.36. The van der Waals surface area contributed by atoms with Crippen LogP contribution in [0.4, 0.5) is 5.95 Å². The highest BCUT2D eigenvalue weighted by molar-refractivity contribution is 7.11. The van der Waals surface area contributed by atoms with E-state index in [2.05, 4.69) is 26.8 Å². The Kier molecular flexibility index (Phi) is 4.70. The first-order valence-electron chi connectivity index (χ1n) is 8.59. The second-order valence-electron chi connectivity index (χ2n) is 6.65. The van der Waals surface area contributed by atoms with E-state index in [1.54, 1.807) is 12.4 Å². The van der Waals surface area contributed by atoms with Crippen molar-refractivity contribution in [3.63, 3.8) is 0 Å². The van der Waals surface area contributed by atoms with Crippen molar-refractivity contribution in [1.29, 1.82) is 0 Å². The molecule has 0 unspecified atom stereocenters. The van der Waals surface area contributed by atoms with Gasteiger partial charge in [0, 0.05) is 31.1 Å². The van der Waals surface area contributed by atoms with Crippen molar-refractivity contribution in [2.75, 3.05) is 25.0 Å². The number of likely N-dealkylation sites (tertiary alicyclic amines) is 1. The average Bonchev–Trinajstić information content (AvgIpc) is 3.17. The summed E-state index contributed by atoms with van der Waals surface area (Å²) < 4.78 is 0. The maximum atomic E-state index is 5.87. The lowest BCUT2D eigenvalue weighted by molar-refractivity contribution is 0.202. The van der Waals surface area contributed by atoms with E-state index in [9.17, 15) is 0 Å². The summed E-state index contributed by atoms with van der Waals surface area (Å²) in [6.07, 6.45) is 9.30. The molecule has 3 heterocycles. The van der Waals surface area contributed by atoms with Crippen molar-refractivity contribution >= 4 is 28.9 Å².